The largest absolute Gasteiger partial charge is 0.354 e. The van der Waals surface area contributed by atoms with Crippen LogP contribution in [0.25, 0.3) is 10.9 Å². The zero-order chi connectivity index (χ0) is 27.6. The Morgan fingerprint density at radius 2 is 1.92 bits per heavy atom. The van der Waals surface area contributed by atoms with Crippen molar-refractivity contribution in [3.8, 4) is 6.07 Å². The summed E-state index contributed by atoms with van der Waals surface area (Å²) in [6, 6.07) is 12.2. The Balaban J connectivity index is 1.56. The van der Waals surface area contributed by atoms with E-state index in [0.29, 0.717) is 36.0 Å². The molecule has 1 aromatic heterocycles. The first kappa shape index (κ1) is 26.8. The number of carbonyl (C=O) groups excluding carboxylic acids is 3. The van der Waals surface area contributed by atoms with Crippen LogP contribution in [-0.2, 0) is 16.1 Å². The average Bonchev–Trinajstić information content (AvgIpc) is 3.39. The summed E-state index contributed by atoms with van der Waals surface area (Å²) in [6.07, 6.45) is 0.378. The van der Waals surface area contributed by atoms with E-state index in [2.05, 4.69) is 21.8 Å². The molecule has 0 bridgehead atoms. The van der Waals surface area contributed by atoms with Crippen LogP contribution in [0.2, 0.25) is 0 Å². The second-order valence-electron chi connectivity index (χ2n) is 10.8. The molecule has 2 aromatic carbocycles. The van der Waals surface area contributed by atoms with Crippen LogP contribution in [0.5, 0.6) is 0 Å². The third kappa shape index (κ3) is 5.83. The van der Waals surface area contributed by atoms with Crippen LogP contribution < -0.4 is 10.6 Å². The van der Waals surface area contributed by atoms with E-state index in [4.69, 9.17) is 5.26 Å². The molecular weight excluding hydrogens is 487 g/mol. The average molecular weight is 519 g/mol. The minimum absolute atomic E-state index is 0.0181. The normalized spacial score (nSPS) is 16.4. The maximum Gasteiger partial charge on any atom is 0.273 e. The van der Waals surface area contributed by atoms with Gasteiger partial charge in [0, 0.05) is 37.9 Å². The zero-order valence-electron chi connectivity index (χ0n) is 21.9. The summed E-state index contributed by atoms with van der Waals surface area (Å²) in [5.41, 5.74) is 1.25. The molecule has 0 aliphatic carbocycles. The molecule has 198 valence electrons. The van der Waals surface area contributed by atoms with Gasteiger partial charge in [-0.1, -0.05) is 32.9 Å². The lowest BCUT2D eigenvalue weighted by atomic mass is 9.86. The second kappa shape index (κ2) is 10.6. The van der Waals surface area contributed by atoms with E-state index in [0.717, 1.165) is 5.56 Å². The molecule has 3 aromatic rings. The van der Waals surface area contributed by atoms with Crippen LogP contribution in [0.4, 0.5) is 4.39 Å². The Hall–Kier alpha value is -4.26. The van der Waals surface area contributed by atoms with Gasteiger partial charge in [0.15, 0.2) is 5.69 Å². The van der Waals surface area contributed by atoms with Gasteiger partial charge in [-0.25, -0.2) is 4.39 Å². The fraction of sp³-hybridized carbons (Fsp3) is 0.393. The van der Waals surface area contributed by atoms with Crippen LogP contribution in [0, 0.1) is 28.5 Å². The first-order chi connectivity index (χ1) is 18.0. The van der Waals surface area contributed by atoms with Gasteiger partial charge < -0.3 is 15.5 Å². The molecule has 0 radical (unpaired) electrons. The van der Waals surface area contributed by atoms with Crippen molar-refractivity contribution in [3.05, 3.63) is 65.1 Å². The minimum Gasteiger partial charge on any atom is -0.354 e. The predicted octanol–water partition coefficient (Wildman–Crippen LogP) is 2.83. The summed E-state index contributed by atoms with van der Waals surface area (Å²) < 4.78 is 15.7. The molecule has 10 heteroatoms. The first-order valence-electron chi connectivity index (χ1n) is 12.4. The van der Waals surface area contributed by atoms with Crippen molar-refractivity contribution in [3.63, 3.8) is 0 Å². The molecule has 2 N–H and O–H groups in total. The number of nitriles is 1. The van der Waals surface area contributed by atoms with Gasteiger partial charge in [0.2, 0.25) is 11.8 Å². The van der Waals surface area contributed by atoms with Crippen LogP contribution in [0.3, 0.4) is 0 Å². The third-order valence-electron chi connectivity index (χ3n) is 6.73. The fourth-order valence-electron chi connectivity index (χ4n) is 4.61. The monoisotopic (exact) mass is 518 g/mol. The first-order valence-corrected chi connectivity index (χ1v) is 12.4. The standard InChI is InChI=1S/C28H31FN6O3/c1-28(2,3)25(27(38)31-14-19-11-23(36)34(4)15-19)32-26(37)24-21-10-9-20(29)12-22(21)35(33-24)16-18-7-5-17(13-30)6-8-18/h5-10,12,19,25H,11,14-16H2,1-4H3,(H,31,38)(H,32,37). The van der Waals surface area contributed by atoms with Gasteiger partial charge in [-0.3, -0.25) is 19.1 Å². The minimum atomic E-state index is -0.871. The number of nitrogens with zero attached hydrogens (tertiary/aromatic N) is 4. The number of fused-ring (bicyclic) bond motifs is 1. The highest BCUT2D eigenvalue weighted by atomic mass is 19.1. The molecule has 0 spiro atoms. The van der Waals surface area contributed by atoms with Gasteiger partial charge in [0.1, 0.15) is 11.9 Å². The lowest BCUT2D eigenvalue weighted by molar-refractivity contribution is -0.127. The van der Waals surface area contributed by atoms with Gasteiger partial charge in [0.25, 0.3) is 5.91 Å². The van der Waals surface area contributed by atoms with Crippen molar-refractivity contribution in [2.24, 2.45) is 11.3 Å². The number of rotatable bonds is 7. The van der Waals surface area contributed by atoms with Crippen LogP contribution in [-0.4, -0.2) is 58.6 Å². The molecule has 2 atom stereocenters. The second-order valence-corrected chi connectivity index (χ2v) is 10.8. The molecule has 2 heterocycles. The molecule has 1 aliphatic heterocycles. The Bertz CT molecular complexity index is 1420. The molecule has 1 fully saturated rings. The van der Waals surface area contributed by atoms with Crippen molar-refractivity contribution in [1.82, 2.24) is 25.3 Å². The highest BCUT2D eigenvalue weighted by Gasteiger charge is 2.35. The van der Waals surface area contributed by atoms with Crippen LogP contribution >= 0.6 is 0 Å². The van der Waals surface area contributed by atoms with E-state index in [1.54, 1.807) is 36.2 Å². The van der Waals surface area contributed by atoms with E-state index in [1.165, 1.54) is 22.9 Å². The smallest absolute Gasteiger partial charge is 0.273 e. The van der Waals surface area contributed by atoms with Gasteiger partial charge in [0.05, 0.1) is 23.7 Å². The lowest BCUT2D eigenvalue weighted by Gasteiger charge is -2.30. The van der Waals surface area contributed by atoms with Gasteiger partial charge >= 0.3 is 0 Å². The van der Waals surface area contributed by atoms with Crippen molar-refractivity contribution in [2.75, 3.05) is 20.1 Å². The summed E-state index contributed by atoms with van der Waals surface area (Å²) in [4.78, 5) is 40.1. The number of aromatic nitrogens is 2. The molecule has 9 nitrogen and oxygen atoms in total. The Labute approximate surface area is 220 Å². The quantitative estimate of drug-likeness (QED) is 0.498. The van der Waals surface area contributed by atoms with Gasteiger partial charge in [-0.15, -0.1) is 0 Å². The van der Waals surface area contributed by atoms with E-state index < -0.39 is 23.2 Å². The van der Waals surface area contributed by atoms with Gasteiger partial charge in [-0.2, -0.15) is 10.4 Å². The number of halogens is 1. The van der Waals surface area contributed by atoms with Crippen molar-refractivity contribution in [2.45, 2.75) is 39.8 Å². The van der Waals surface area contributed by atoms with Crippen LogP contribution in [0.1, 0.15) is 48.8 Å². The number of benzene rings is 2. The maximum atomic E-state index is 14.1. The molecule has 1 saturated heterocycles. The molecule has 0 saturated carbocycles. The highest BCUT2D eigenvalue weighted by Crippen LogP contribution is 2.24. The van der Waals surface area contributed by atoms with Crippen molar-refractivity contribution < 1.29 is 18.8 Å². The van der Waals surface area contributed by atoms with Gasteiger partial charge in [-0.05, 0) is 41.3 Å². The van der Waals surface area contributed by atoms with E-state index >= 15 is 0 Å². The van der Waals surface area contributed by atoms with Crippen molar-refractivity contribution in [1.29, 1.82) is 5.26 Å². The molecule has 38 heavy (non-hydrogen) atoms. The Morgan fingerprint density at radius 1 is 1.21 bits per heavy atom. The zero-order valence-corrected chi connectivity index (χ0v) is 21.9. The summed E-state index contributed by atoms with van der Waals surface area (Å²) in [5, 5.41) is 19.7. The number of hydrogen-bond donors (Lipinski definition) is 2. The van der Waals surface area contributed by atoms with Crippen molar-refractivity contribution >= 4 is 28.6 Å². The fourth-order valence-corrected chi connectivity index (χ4v) is 4.61. The maximum absolute atomic E-state index is 14.1. The summed E-state index contributed by atoms with van der Waals surface area (Å²) >= 11 is 0. The molecule has 4 rings (SSSR count). The lowest BCUT2D eigenvalue weighted by Crippen LogP contribution is -2.54. The summed E-state index contributed by atoms with van der Waals surface area (Å²) in [7, 11) is 1.74. The Morgan fingerprint density at radius 3 is 2.53 bits per heavy atom. The van der Waals surface area contributed by atoms with Crippen LogP contribution in [0.15, 0.2) is 42.5 Å². The topological polar surface area (TPSA) is 120 Å². The molecule has 3 amide bonds. The van der Waals surface area contributed by atoms with E-state index in [1.807, 2.05) is 20.8 Å². The summed E-state index contributed by atoms with van der Waals surface area (Å²) in [5.74, 6) is -1.30. The van der Waals surface area contributed by atoms with E-state index in [9.17, 15) is 18.8 Å². The number of nitrogens with one attached hydrogen (secondary N) is 2. The predicted molar refractivity (Wildman–Crippen MR) is 139 cm³/mol. The third-order valence-corrected chi connectivity index (χ3v) is 6.73. The SMILES string of the molecule is CN1CC(CNC(=O)C(NC(=O)c2nn(Cc3ccc(C#N)cc3)c3cc(F)ccc23)C(C)(C)C)CC1=O. The number of amides is 3. The molecule has 1 aliphatic rings. The number of hydrogen-bond acceptors (Lipinski definition) is 5. The number of carbonyl (C=O) groups is 3. The highest BCUT2D eigenvalue weighted by molar-refractivity contribution is 6.06. The Kier molecular flexibility index (Phi) is 7.49. The molecule has 2 unspecified atom stereocenters. The molecular formula is C28H31FN6O3. The number of likely N-dealkylation sites (tertiary alicyclic amines) is 1. The summed E-state index contributed by atoms with van der Waals surface area (Å²) in [6.45, 7) is 6.71. The van der Waals surface area contributed by atoms with E-state index in [-0.39, 0.29) is 30.0 Å².